The number of benzene rings is 2. The van der Waals surface area contributed by atoms with Crippen LogP contribution >= 0.6 is 0 Å². The number of carbonyl (C=O) groups is 1. The fourth-order valence-corrected chi connectivity index (χ4v) is 2.91. The second kappa shape index (κ2) is 8.45. The van der Waals surface area contributed by atoms with E-state index in [-0.39, 0.29) is 11.7 Å². The lowest BCUT2D eigenvalue weighted by Crippen LogP contribution is -2.26. The molecule has 1 aliphatic heterocycles. The molecule has 0 aromatic heterocycles. The molecule has 0 atom stereocenters. The first-order chi connectivity index (χ1) is 13.5. The molecule has 1 aliphatic rings. The van der Waals surface area contributed by atoms with Gasteiger partial charge in [-0.3, -0.25) is 9.69 Å². The second-order valence-electron chi connectivity index (χ2n) is 6.39. The number of aliphatic imine (C=N–C) groups is 1. The molecule has 0 unspecified atom stereocenters. The van der Waals surface area contributed by atoms with Gasteiger partial charge in [0, 0.05) is 31.4 Å². The molecule has 1 N–H and O–H groups in total. The molecular formula is C23H23N3O2. The number of phenols is 1. The number of rotatable bonds is 4. The number of carbonyl (C=O) groups excluding carboxylic acids is 1. The van der Waals surface area contributed by atoms with Gasteiger partial charge in [-0.05, 0) is 67.8 Å². The van der Waals surface area contributed by atoms with E-state index < -0.39 is 0 Å². The Labute approximate surface area is 165 Å². The van der Waals surface area contributed by atoms with Crippen molar-refractivity contribution in [1.29, 1.82) is 0 Å². The fraction of sp³-hybridized carbons (Fsp3) is 0.217. The maximum atomic E-state index is 12.4. The number of phenolic OH excluding ortho intramolecular Hbond substituents is 1. The predicted molar refractivity (Wildman–Crippen MR) is 113 cm³/mol. The summed E-state index contributed by atoms with van der Waals surface area (Å²) in [6, 6.07) is 14.7. The number of aromatic hydroxyl groups is 1. The lowest BCUT2D eigenvalue weighted by molar-refractivity contribution is -0.121. The van der Waals surface area contributed by atoms with Crippen molar-refractivity contribution in [3.63, 3.8) is 0 Å². The molecule has 2 aromatic rings. The normalized spacial score (nSPS) is 14.7. The average molecular weight is 373 g/mol. The molecule has 0 fully saturated rings. The predicted octanol–water partition coefficient (Wildman–Crippen LogP) is 3.50. The van der Waals surface area contributed by atoms with Crippen LogP contribution in [-0.2, 0) is 4.79 Å². The molecule has 5 heteroatoms. The van der Waals surface area contributed by atoms with Gasteiger partial charge in [0.15, 0.2) is 5.84 Å². The molecule has 0 radical (unpaired) electrons. The Hall–Kier alpha value is -3.52. The zero-order chi connectivity index (χ0) is 20.1. The summed E-state index contributed by atoms with van der Waals surface area (Å²) < 4.78 is 0. The van der Waals surface area contributed by atoms with Gasteiger partial charge >= 0.3 is 0 Å². The quantitative estimate of drug-likeness (QED) is 0.659. The van der Waals surface area contributed by atoms with Gasteiger partial charge in [0.05, 0.1) is 0 Å². The molecule has 3 rings (SSSR count). The number of hydrogen-bond acceptors (Lipinski definition) is 4. The highest BCUT2D eigenvalue weighted by Gasteiger charge is 2.25. The van der Waals surface area contributed by atoms with Crippen molar-refractivity contribution in [2.45, 2.75) is 13.8 Å². The molecule has 0 bridgehead atoms. The Balaban J connectivity index is 1.80. The summed E-state index contributed by atoms with van der Waals surface area (Å²) in [5.41, 5.74) is 3.16. The molecule has 1 heterocycles. The van der Waals surface area contributed by atoms with Gasteiger partial charge in [-0.25, -0.2) is 4.99 Å². The van der Waals surface area contributed by atoms with Crippen LogP contribution in [0, 0.1) is 11.8 Å². The van der Waals surface area contributed by atoms with Crippen LogP contribution in [0.25, 0.3) is 6.08 Å². The summed E-state index contributed by atoms with van der Waals surface area (Å²) in [5, 5.41) is 9.36. The minimum absolute atomic E-state index is 0.180. The standard InChI is InChI=1S/C23H23N3O2/c1-4-26(5-2)19-11-6-17(7-12-19)10-15-22-24-21(23(28)25(22)3)16-18-8-13-20(27)14-9-18/h6-9,11-14,16,27H,4-5H2,1-3H3/b21-16-. The Morgan fingerprint density at radius 2 is 1.68 bits per heavy atom. The van der Waals surface area contributed by atoms with Crippen LogP contribution in [0.5, 0.6) is 5.75 Å². The largest absolute Gasteiger partial charge is 0.508 e. The number of amides is 1. The lowest BCUT2D eigenvalue weighted by atomic mass is 10.2. The summed E-state index contributed by atoms with van der Waals surface area (Å²) in [6.45, 7) is 6.18. The van der Waals surface area contributed by atoms with Gasteiger partial charge in [-0.1, -0.05) is 18.1 Å². The summed E-state index contributed by atoms with van der Waals surface area (Å²) in [4.78, 5) is 20.5. The molecule has 2 aromatic carbocycles. The molecule has 0 aliphatic carbocycles. The van der Waals surface area contributed by atoms with Crippen molar-refractivity contribution < 1.29 is 9.90 Å². The highest BCUT2D eigenvalue weighted by Crippen LogP contribution is 2.19. The average Bonchev–Trinajstić information content (AvgIpc) is 2.98. The van der Waals surface area contributed by atoms with Gasteiger partial charge in [0.2, 0.25) is 0 Å². The van der Waals surface area contributed by atoms with Crippen molar-refractivity contribution in [2.24, 2.45) is 4.99 Å². The van der Waals surface area contributed by atoms with Crippen molar-refractivity contribution in [3.8, 4) is 17.6 Å². The Morgan fingerprint density at radius 3 is 2.29 bits per heavy atom. The molecular weight excluding hydrogens is 350 g/mol. The van der Waals surface area contributed by atoms with Gasteiger partial charge in [0.1, 0.15) is 11.4 Å². The van der Waals surface area contributed by atoms with Crippen LogP contribution < -0.4 is 4.90 Å². The van der Waals surface area contributed by atoms with E-state index in [4.69, 9.17) is 0 Å². The van der Waals surface area contributed by atoms with Crippen LogP contribution in [0.4, 0.5) is 5.69 Å². The first-order valence-electron chi connectivity index (χ1n) is 9.26. The van der Waals surface area contributed by atoms with Crippen LogP contribution in [-0.4, -0.2) is 41.9 Å². The van der Waals surface area contributed by atoms with E-state index in [2.05, 4.69) is 47.7 Å². The van der Waals surface area contributed by atoms with E-state index in [1.54, 1.807) is 37.4 Å². The third-order valence-corrected chi connectivity index (χ3v) is 4.58. The first kappa shape index (κ1) is 19.2. The maximum absolute atomic E-state index is 12.4. The van der Waals surface area contributed by atoms with Crippen LogP contribution in [0.3, 0.4) is 0 Å². The summed E-state index contributed by atoms with van der Waals surface area (Å²) >= 11 is 0. The number of nitrogens with zero attached hydrogens (tertiary/aromatic N) is 3. The van der Waals surface area contributed by atoms with E-state index in [0.29, 0.717) is 11.5 Å². The Kier molecular flexibility index (Phi) is 5.81. The third-order valence-electron chi connectivity index (χ3n) is 4.58. The van der Waals surface area contributed by atoms with E-state index in [9.17, 15) is 9.90 Å². The van der Waals surface area contributed by atoms with Crippen LogP contribution in [0.1, 0.15) is 25.0 Å². The van der Waals surface area contributed by atoms with E-state index in [1.165, 1.54) is 10.6 Å². The van der Waals surface area contributed by atoms with Gasteiger partial charge < -0.3 is 10.0 Å². The minimum Gasteiger partial charge on any atom is -0.508 e. The molecule has 1 amide bonds. The molecule has 0 spiro atoms. The number of hydrogen-bond donors (Lipinski definition) is 1. The molecule has 5 nitrogen and oxygen atoms in total. The van der Waals surface area contributed by atoms with E-state index in [0.717, 1.165) is 24.2 Å². The zero-order valence-electron chi connectivity index (χ0n) is 16.3. The number of anilines is 1. The Morgan fingerprint density at radius 1 is 1.04 bits per heavy atom. The van der Waals surface area contributed by atoms with Crippen molar-refractivity contribution in [2.75, 3.05) is 25.0 Å². The lowest BCUT2D eigenvalue weighted by Gasteiger charge is -2.20. The minimum atomic E-state index is -0.200. The van der Waals surface area contributed by atoms with E-state index in [1.807, 2.05) is 12.1 Å². The SMILES string of the molecule is CCN(CC)c1ccc(C#CC2=N/C(=C\c3ccc(O)cc3)C(=O)N2C)cc1. The van der Waals surface area contributed by atoms with Crippen LogP contribution in [0.2, 0.25) is 0 Å². The monoisotopic (exact) mass is 373 g/mol. The summed E-state index contributed by atoms with van der Waals surface area (Å²) in [5.74, 6) is 6.47. The molecule has 142 valence electrons. The first-order valence-corrected chi connectivity index (χ1v) is 9.26. The number of amidine groups is 1. The summed E-state index contributed by atoms with van der Waals surface area (Å²) in [7, 11) is 1.66. The van der Waals surface area contributed by atoms with Gasteiger partial charge in [-0.2, -0.15) is 0 Å². The Bertz CT molecular complexity index is 973. The number of likely N-dealkylation sites (N-methyl/N-ethyl adjacent to an activating group) is 1. The fourth-order valence-electron chi connectivity index (χ4n) is 2.91. The molecule has 28 heavy (non-hydrogen) atoms. The molecule has 0 saturated heterocycles. The van der Waals surface area contributed by atoms with Crippen molar-refractivity contribution in [3.05, 3.63) is 65.4 Å². The van der Waals surface area contributed by atoms with Crippen molar-refractivity contribution >= 4 is 23.5 Å². The second-order valence-corrected chi connectivity index (χ2v) is 6.39. The molecule has 0 saturated carbocycles. The topological polar surface area (TPSA) is 56.1 Å². The van der Waals surface area contributed by atoms with Gasteiger partial charge in [-0.15, -0.1) is 0 Å². The summed E-state index contributed by atoms with van der Waals surface area (Å²) in [6.07, 6.45) is 1.69. The maximum Gasteiger partial charge on any atom is 0.278 e. The third kappa shape index (κ3) is 4.24. The highest BCUT2D eigenvalue weighted by atomic mass is 16.3. The van der Waals surface area contributed by atoms with Gasteiger partial charge in [0.25, 0.3) is 5.91 Å². The van der Waals surface area contributed by atoms with E-state index >= 15 is 0 Å². The highest BCUT2D eigenvalue weighted by molar-refractivity contribution is 6.19. The zero-order valence-corrected chi connectivity index (χ0v) is 16.3. The smallest absolute Gasteiger partial charge is 0.278 e. The van der Waals surface area contributed by atoms with Crippen LogP contribution in [0.15, 0.2) is 59.2 Å². The van der Waals surface area contributed by atoms with Crippen molar-refractivity contribution in [1.82, 2.24) is 4.90 Å².